The van der Waals surface area contributed by atoms with Crippen molar-refractivity contribution in [3.63, 3.8) is 0 Å². The number of carbonyl (C=O) groups is 1. The minimum absolute atomic E-state index is 0.141. The average Bonchev–Trinajstić information content (AvgIpc) is 2.78. The first-order valence-electron chi connectivity index (χ1n) is 6.10. The fraction of sp³-hybridized carbons (Fsp3) is 0.200. The number of anilines is 1. The van der Waals surface area contributed by atoms with Gasteiger partial charge in [0.25, 0.3) is 0 Å². The lowest BCUT2D eigenvalue weighted by atomic mass is 10.1. The van der Waals surface area contributed by atoms with E-state index < -0.39 is 0 Å². The van der Waals surface area contributed by atoms with E-state index in [-0.39, 0.29) is 5.91 Å². The highest BCUT2D eigenvalue weighted by Gasteiger charge is 2.03. The van der Waals surface area contributed by atoms with Crippen LogP contribution in [0.4, 0.5) is 5.69 Å². The molecule has 1 aromatic carbocycles. The fourth-order valence-corrected chi connectivity index (χ4v) is 1.76. The Kier molecular flexibility index (Phi) is 3.80. The Balaban J connectivity index is 2.05. The predicted octanol–water partition coefficient (Wildman–Crippen LogP) is 2.69. The van der Waals surface area contributed by atoms with Crippen molar-refractivity contribution in [1.29, 1.82) is 0 Å². The van der Waals surface area contributed by atoms with Gasteiger partial charge in [-0.25, -0.2) is 0 Å². The van der Waals surface area contributed by atoms with Crippen LogP contribution in [0.2, 0.25) is 0 Å². The second-order valence-corrected chi connectivity index (χ2v) is 4.52. The van der Waals surface area contributed by atoms with E-state index in [2.05, 4.69) is 10.4 Å². The van der Waals surface area contributed by atoms with E-state index in [9.17, 15) is 4.79 Å². The first kappa shape index (κ1) is 13.1. The molecule has 2 rings (SSSR count). The molecule has 0 radical (unpaired) electrons. The summed E-state index contributed by atoms with van der Waals surface area (Å²) in [5, 5.41) is 6.91. The summed E-state index contributed by atoms with van der Waals surface area (Å²) >= 11 is 0. The Labute approximate surface area is 112 Å². The predicted molar refractivity (Wildman–Crippen MR) is 76.8 cm³/mol. The SMILES string of the molecule is Cc1cccc(NC(=O)/C=C/c2cnn(C)c2)c1C. The van der Waals surface area contributed by atoms with Crippen molar-refractivity contribution in [3.8, 4) is 0 Å². The van der Waals surface area contributed by atoms with Crippen LogP contribution in [0.5, 0.6) is 0 Å². The highest BCUT2D eigenvalue weighted by molar-refractivity contribution is 6.02. The van der Waals surface area contributed by atoms with Crippen LogP contribution >= 0.6 is 0 Å². The van der Waals surface area contributed by atoms with Gasteiger partial charge < -0.3 is 5.32 Å². The molecule has 19 heavy (non-hydrogen) atoms. The first-order valence-corrected chi connectivity index (χ1v) is 6.10. The van der Waals surface area contributed by atoms with Crippen LogP contribution in [-0.4, -0.2) is 15.7 Å². The minimum atomic E-state index is -0.141. The fourth-order valence-electron chi connectivity index (χ4n) is 1.76. The van der Waals surface area contributed by atoms with Crippen LogP contribution in [0.3, 0.4) is 0 Å². The summed E-state index contributed by atoms with van der Waals surface area (Å²) in [7, 11) is 1.84. The van der Waals surface area contributed by atoms with Gasteiger partial charge in [-0.05, 0) is 37.1 Å². The summed E-state index contributed by atoms with van der Waals surface area (Å²) in [5.74, 6) is -0.141. The summed E-state index contributed by atoms with van der Waals surface area (Å²) in [4.78, 5) is 11.8. The van der Waals surface area contributed by atoms with Crippen LogP contribution in [0.15, 0.2) is 36.7 Å². The van der Waals surface area contributed by atoms with Gasteiger partial charge in [0, 0.05) is 30.6 Å². The summed E-state index contributed by atoms with van der Waals surface area (Å²) in [5.41, 5.74) is 4.00. The first-order chi connectivity index (χ1) is 9.06. The normalized spacial score (nSPS) is 10.9. The number of hydrogen-bond acceptors (Lipinski definition) is 2. The van der Waals surface area contributed by atoms with Gasteiger partial charge in [0.05, 0.1) is 6.20 Å². The van der Waals surface area contributed by atoms with Gasteiger partial charge in [-0.15, -0.1) is 0 Å². The molecule has 0 atom stereocenters. The Bertz CT molecular complexity index is 626. The summed E-state index contributed by atoms with van der Waals surface area (Å²) in [6.07, 6.45) is 6.82. The standard InChI is InChI=1S/C15H17N3O/c1-11-5-4-6-14(12(11)2)17-15(19)8-7-13-9-16-18(3)10-13/h4-10H,1-3H3,(H,17,19)/b8-7+. The largest absolute Gasteiger partial charge is 0.322 e. The molecule has 0 fully saturated rings. The van der Waals surface area contributed by atoms with E-state index in [0.717, 1.165) is 22.4 Å². The van der Waals surface area contributed by atoms with Crippen molar-refractivity contribution in [3.05, 3.63) is 53.4 Å². The Hall–Kier alpha value is -2.36. The van der Waals surface area contributed by atoms with Crippen LogP contribution < -0.4 is 5.32 Å². The number of hydrogen-bond donors (Lipinski definition) is 1. The topological polar surface area (TPSA) is 46.9 Å². The van der Waals surface area contributed by atoms with E-state index in [1.807, 2.05) is 45.3 Å². The van der Waals surface area contributed by atoms with Gasteiger partial charge in [0.2, 0.25) is 5.91 Å². The van der Waals surface area contributed by atoms with E-state index >= 15 is 0 Å². The zero-order valence-corrected chi connectivity index (χ0v) is 11.3. The molecule has 2 aromatic rings. The summed E-state index contributed by atoms with van der Waals surface area (Å²) < 4.78 is 1.70. The van der Waals surface area contributed by atoms with E-state index in [0.29, 0.717) is 0 Å². The van der Waals surface area contributed by atoms with Crippen LogP contribution in [-0.2, 0) is 11.8 Å². The smallest absolute Gasteiger partial charge is 0.248 e. The minimum Gasteiger partial charge on any atom is -0.322 e. The molecule has 1 heterocycles. The molecule has 4 heteroatoms. The number of benzene rings is 1. The zero-order chi connectivity index (χ0) is 13.8. The maximum Gasteiger partial charge on any atom is 0.248 e. The van der Waals surface area contributed by atoms with Crippen LogP contribution in [0.25, 0.3) is 6.08 Å². The molecule has 1 aromatic heterocycles. The van der Waals surface area contributed by atoms with Gasteiger partial charge >= 0.3 is 0 Å². The van der Waals surface area contributed by atoms with Crippen molar-refractivity contribution < 1.29 is 4.79 Å². The number of aromatic nitrogens is 2. The number of nitrogens with zero attached hydrogens (tertiary/aromatic N) is 2. The van der Waals surface area contributed by atoms with Crippen molar-refractivity contribution in [2.45, 2.75) is 13.8 Å². The molecule has 0 unspecified atom stereocenters. The van der Waals surface area contributed by atoms with Crippen LogP contribution in [0.1, 0.15) is 16.7 Å². The number of carbonyl (C=O) groups excluding carboxylic acids is 1. The quantitative estimate of drug-likeness (QED) is 0.857. The molecule has 0 aliphatic rings. The molecule has 4 nitrogen and oxygen atoms in total. The lowest BCUT2D eigenvalue weighted by Gasteiger charge is -2.08. The van der Waals surface area contributed by atoms with Crippen molar-refractivity contribution in [2.75, 3.05) is 5.32 Å². The molecule has 1 amide bonds. The molecule has 98 valence electrons. The third-order valence-electron chi connectivity index (χ3n) is 3.01. The van der Waals surface area contributed by atoms with Gasteiger partial charge in [-0.3, -0.25) is 9.48 Å². The average molecular weight is 255 g/mol. The molecule has 0 spiro atoms. The van der Waals surface area contributed by atoms with Crippen molar-refractivity contribution in [1.82, 2.24) is 9.78 Å². The lowest BCUT2D eigenvalue weighted by molar-refractivity contribution is -0.111. The second kappa shape index (κ2) is 5.52. The number of amides is 1. The molecule has 0 saturated heterocycles. The number of nitrogens with one attached hydrogen (secondary N) is 1. The summed E-state index contributed by atoms with van der Waals surface area (Å²) in [6, 6.07) is 5.86. The monoisotopic (exact) mass is 255 g/mol. The molecular weight excluding hydrogens is 238 g/mol. The zero-order valence-electron chi connectivity index (χ0n) is 11.3. The molecule has 0 aliphatic carbocycles. The maximum absolute atomic E-state index is 11.8. The number of aryl methyl sites for hydroxylation is 2. The Morgan fingerprint density at radius 1 is 1.37 bits per heavy atom. The van der Waals surface area contributed by atoms with E-state index in [1.54, 1.807) is 17.0 Å². The van der Waals surface area contributed by atoms with Gasteiger partial charge in [-0.1, -0.05) is 12.1 Å². The van der Waals surface area contributed by atoms with Gasteiger partial charge in [-0.2, -0.15) is 5.10 Å². The molecule has 0 saturated carbocycles. The van der Waals surface area contributed by atoms with Crippen LogP contribution in [0, 0.1) is 13.8 Å². The third-order valence-corrected chi connectivity index (χ3v) is 3.01. The molecular formula is C15H17N3O. The summed E-state index contributed by atoms with van der Waals surface area (Å²) in [6.45, 7) is 4.02. The number of rotatable bonds is 3. The van der Waals surface area contributed by atoms with E-state index in [1.165, 1.54) is 6.08 Å². The van der Waals surface area contributed by atoms with Gasteiger partial charge in [0.15, 0.2) is 0 Å². The maximum atomic E-state index is 11.8. The third kappa shape index (κ3) is 3.31. The highest BCUT2D eigenvalue weighted by Crippen LogP contribution is 2.17. The Morgan fingerprint density at radius 2 is 2.16 bits per heavy atom. The Morgan fingerprint density at radius 3 is 2.84 bits per heavy atom. The highest BCUT2D eigenvalue weighted by atomic mass is 16.1. The van der Waals surface area contributed by atoms with Crippen molar-refractivity contribution in [2.24, 2.45) is 7.05 Å². The van der Waals surface area contributed by atoms with E-state index in [4.69, 9.17) is 0 Å². The molecule has 0 bridgehead atoms. The van der Waals surface area contributed by atoms with Crippen molar-refractivity contribution >= 4 is 17.7 Å². The lowest BCUT2D eigenvalue weighted by Crippen LogP contribution is -2.09. The second-order valence-electron chi connectivity index (χ2n) is 4.52. The molecule has 1 N–H and O–H groups in total. The molecule has 0 aliphatic heterocycles. The van der Waals surface area contributed by atoms with Gasteiger partial charge in [0.1, 0.15) is 0 Å².